The van der Waals surface area contributed by atoms with Crippen LogP contribution in [0.15, 0.2) is 10.6 Å². The van der Waals surface area contributed by atoms with Gasteiger partial charge in [0.15, 0.2) is 0 Å². The Bertz CT molecular complexity index is 850. The van der Waals surface area contributed by atoms with Crippen molar-refractivity contribution in [2.75, 3.05) is 19.6 Å². The van der Waals surface area contributed by atoms with Crippen LogP contribution >= 0.6 is 0 Å². The first-order valence-corrected chi connectivity index (χ1v) is 10.9. The molecule has 30 heavy (non-hydrogen) atoms. The summed E-state index contributed by atoms with van der Waals surface area (Å²) in [5, 5.41) is 15.5. The van der Waals surface area contributed by atoms with Crippen molar-refractivity contribution in [2.24, 2.45) is 5.41 Å². The Labute approximate surface area is 175 Å². The van der Waals surface area contributed by atoms with Gasteiger partial charge in [0, 0.05) is 31.6 Å². The lowest BCUT2D eigenvalue weighted by Crippen LogP contribution is -2.41. The Balaban J connectivity index is 1.25. The monoisotopic (exact) mass is 418 g/mol. The Kier molecular flexibility index (Phi) is 4.33. The minimum atomic E-state index is -0.497. The van der Waals surface area contributed by atoms with Gasteiger partial charge in [0.2, 0.25) is 0 Å². The van der Waals surface area contributed by atoms with Gasteiger partial charge in [0.25, 0.3) is 0 Å². The largest absolute Gasteiger partial charge is 0.444 e. The Morgan fingerprint density at radius 3 is 2.63 bits per heavy atom. The number of piperidine rings is 2. The number of hydrogen-bond donors (Lipinski definition) is 1. The average Bonchev–Trinajstić information content (AvgIpc) is 3.19. The van der Waals surface area contributed by atoms with E-state index in [9.17, 15) is 14.8 Å². The summed E-state index contributed by atoms with van der Waals surface area (Å²) in [5.74, 6) is 1.01. The third kappa shape index (κ3) is 3.23. The smallest absolute Gasteiger partial charge is 0.410 e. The summed E-state index contributed by atoms with van der Waals surface area (Å²) in [5.41, 5.74) is 0.302. The van der Waals surface area contributed by atoms with Crippen molar-refractivity contribution in [3.8, 4) is 0 Å². The molecule has 4 heterocycles. The van der Waals surface area contributed by atoms with Crippen molar-refractivity contribution >= 4 is 12.1 Å². The standard InChI is InChI=1S/C21H30N4O5/c1-20(2,3)29-19(27)23-8-4-13(5-9-23)16-10-14(22-30-16)15-11-21(6-7-21)17-12-24(15)18(26)25(17)28/h10,13,15,17,28H,4-9,11-12H2,1-3H3/t15-,17-/m0/s1. The second-order valence-corrected chi connectivity index (χ2v) is 10.3. The van der Waals surface area contributed by atoms with Crippen LogP contribution in [0.4, 0.5) is 9.59 Å². The van der Waals surface area contributed by atoms with Gasteiger partial charge >= 0.3 is 12.1 Å². The molecule has 9 heteroatoms. The molecule has 5 rings (SSSR count). The zero-order valence-electron chi connectivity index (χ0n) is 17.8. The first kappa shape index (κ1) is 19.7. The number of likely N-dealkylation sites (tertiary alicyclic amines) is 1. The van der Waals surface area contributed by atoms with Crippen molar-refractivity contribution in [1.29, 1.82) is 0 Å². The molecule has 0 radical (unpaired) electrons. The van der Waals surface area contributed by atoms with Crippen LogP contribution in [0.3, 0.4) is 0 Å². The number of fused-ring (bicyclic) bond motifs is 3. The van der Waals surface area contributed by atoms with Gasteiger partial charge in [-0.05, 0) is 58.3 Å². The number of urea groups is 1. The van der Waals surface area contributed by atoms with Gasteiger partial charge in [-0.1, -0.05) is 5.16 Å². The number of aromatic nitrogens is 1. The van der Waals surface area contributed by atoms with Crippen molar-refractivity contribution in [3.05, 3.63) is 17.5 Å². The fourth-order valence-corrected chi connectivity index (χ4v) is 5.24. The molecular weight excluding hydrogens is 388 g/mol. The normalized spacial score (nSPS) is 28.4. The molecule has 1 saturated carbocycles. The molecule has 4 aliphatic rings. The van der Waals surface area contributed by atoms with Crippen LogP contribution in [0, 0.1) is 5.41 Å². The van der Waals surface area contributed by atoms with Gasteiger partial charge in [-0.3, -0.25) is 5.21 Å². The molecule has 2 bridgehead atoms. The fraction of sp³-hybridized carbons (Fsp3) is 0.762. The second kappa shape index (κ2) is 6.60. The summed E-state index contributed by atoms with van der Waals surface area (Å²) >= 11 is 0. The third-order valence-corrected chi connectivity index (χ3v) is 7.12. The summed E-state index contributed by atoms with van der Waals surface area (Å²) < 4.78 is 11.2. The molecule has 1 spiro atoms. The van der Waals surface area contributed by atoms with E-state index >= 15 is 0 Å². The van der Waals surface area contributed by atoms with E-state index in [-0.39, 0.29) is 35.5 Å². The summed E-state index contributed by atoms with van der Waals surface area (Å²) in [6, 6.07) is 1.41. The molecule has 164 valence electrons. The maximum Gasteiger partial charge on any atom is 0.410 e. The molecule has 1 aromatic rings. The molecule has 3 amide bonds. The highest BCUT2D eigenvalue weighted by Crippen LogP contribution is 2.61. The van der Waals surface area contributed by atoms with Gasteiger partial charge in [0.05, 0.1) is 12.1 Å². The molecular formula is C21H30N4O5. The van der Waals surface area contributed by atoms with Crippen molar-refractivity contribution < 1.29 is 24.1 Å². The summed E-state index contributed by atoms with van der Waals surface area (Å²) in [4.78, 5) is 28.2. The van der Waals surface area contributed by atoms with E-state index in [4.69, 9.17) is 9.26 Å². The fourth-order valence-electron chi connectivity index (χ4n) is 5.24. The Morgan fingerprint density at radius 2 is 2.00 bits per heavy atom. The van der Waals surface area contributed by atoms with Crippen molar-refractivity contribution in [1.82, 2.24) is 20.0 Å². The van der Waals surface area contributed by atoms with Crippen LogP contribution in [0.2, 0.25) is 0 Å². The molecule has 0 unspecified atom stereocenters. The molecule has 4 fully saturated rings. The van der Waals surface area contributed by atoms with E-state index in [0.29, 0.717) is 19.6 Å². The van der Waals surface area contributed by atoms with Crippen LogP contribution in [0.5, 0.6) is 0 Å². The second-order valence-electron chi connectivity index (χ2n) is 10.3. The van der Waals surface area contributed by atoms with E-state index in [1.54, 1.807) is 9.80 Å². The molecule has 3 aliphatic heterocycles. The number of carbonyl (C=O) groups excluding carboxylic acids is 2. The lowest BCUT2D eigenvalue weighted by molar-refractivity contribution is -0.0782. The zero-order chi connectivity index (χ0) is 21.3. The van der Waals surface area contributed by atoms with Crippen molar-refractivity contribution in [2.45, 2.75) is 76.5 Å². The van der Waals surface area contributed by atoms with Crippen LogP contribution in [-0.4, -0.2) is 68.6 Å². The molecule has 2 atom stereocenters. The number of amides is 3. The van der Waals surface area contributed by atoms with E-state index in [0.717, 1.165) is 48.6 Å². The number of hydrogen-bond acceptors (Lipinski definition) is 6. The molecule has 1 aromatic heterocycles. The molecule has 3 saturated heterocycles. The van der Waals surface area contributed by atoms with Gasteiger partial charge in [0.1, 0.15) is 17.1 Å². The SMILES string of the molecule is CC(C)(C)OC(=O)N1CCC(c2cc([C@@H]3CC4(CC4)[C@@H]4CN3C(=O)N4O)no2)CC1. The number of hydroxylamine groups is 2. The predicted molar refractivity (Wildman–Crippen MR) is 105 cm³/mol. The summed E-state index contributed by atoms with van der Waals surface area (Å²) in [6.07, 6.45) is 4.21. The van der Waals surface area contributed by atoms with Crippen LogP contribution in [0.1, 0.15) is 76.3 Å². The molecule has 0 aromatic carbocycles. The van der Waals surface area contributed by atoms with E-state index in [1.807, 2.05) is 26.8 Å². The third-order valence-electron chi connectivity index (χ3n) is 7.12. The summed E-state index contributed by atoms with van der Waals surface area (Å²) in [7, 11) is 0. The molecule has 9 nitrogen and oxygen atoms in total. The number of nitrogens with zero attached hydrogens (tertiary/aromatic N) is 4. The molecule has 1 N–H and O–H groups in total. The van der Waals surface area contributed by atoms with Crippen molar-refractivity contribution in [3.63, 3.8) is 0 Å². The van der Waals surface area contributed by atoms with Gasteiger partial charge in [-0.25, -0.2) is 14.7 Å². The highest BCUT2D eigenvalue weighted by Gasteiger charge is 2.63. The lowest BCUT2D eigenvalue weighted by atomic mass is 9.84. The highest BCUT2D eigenvalue weighted by molar-refractivity contribution is 5.77. The lowest BCUT2D eigenvalue weighted by Gasteiger charge is -2.35. The van der Waals surface area contributed by atoms with Gasteiger partial charge < -0.3 is 19.1 Å². The van der Waals surface area contributed by atoms with Crippen LogP contribution in [-0.2, 0) is 4.74 Å². The van der Waals surface area contributed by atoms with Crippen LogP contribution in [0.25, 0.3) is 0 Å². The van der Waals surface area contributed by atoms with E-state index in [1.165, 1.54) is 0 Å². The van der Waals surface area contributed by atoms with Gasteiger partial charge in [-0.2, -0.15) is 0 Å². The highest BCUT2D eigenvalue weighted by atomic mass is 16.6. The number of rotatable bonds is 2. The predicted octanol–water partition coefficient (Wildman–Crippen LogP) is 3.51. The quantitative estimate of drug-likeness (QED) is 0.738. The zero-order valence-corrected chi connectivity index (χ0v) is 17.8. The first-order chi connectivity index (χ1) is 14.2. The topological polar surface area (TPSA) is 99.4 Å². The molecule has 1 aliphatic carbocycles. The number of carbonyl (C=O) groups is 2. The number of ether oxygens (including phenoxy) is 1. The summed E-state index contributed by atoms with van der Waals surface area (Å²) in [6.45, 7) is 7.40. The van der Waals surface area contributed by atoms with Gasteiger partial charge in [-0.15, -0.1) is 0 Å². The average molecular weight is 418 g/mol. The minimum Gasteiger partial charge on any atom is -0.444 e. The Hall–Kier alpha value is -2.29. The Morgan fingerprint density at radius 1 is 1.30 bits per heavy atom. The minimum absolute atomic E-state index is 0.0277. The maximum atomic E-state index is 12.5. The maximum absolute atomic E-state index is 12.5. The first-order valence-electron chi connectivity index (χ1n) is 10.9. The van der Waals surface area contributed by atoms with E-state index < -0.39 is 5.60 Å². The van der Waals surface area contributed by atoms with Crippen LogP contribution < -0.4 is 0 Å². The van der Waals surface area contributed by atoms with E-state index in [2.05, 4.69) is 5.16 Å².